The van der Waals surface area contributed by atoms with Crippen LogP contribution in [-0.2, 0) is 13.1 Å². The van der Waals surface area contributed by atoms with Crippen molar-refractivity contribution in [1.29, 1.82) is 0 Å². The Kier molecular flexibility index (Phi) is 5.49. The molecule has 6 heteroatoms. The lowest BCUT2D eigenvalue weighted by Crippen LogP contribution is -2.50. The van der Waals surface area contributed by atoms with Crippen molar-refractivity contribution in [3.05, 3.63) is 58.1 Å². The van der Waals surface area contributed by atoms with Crippen LogP contribution in [0.4, 0.5) is 0 Å². The molecule has 23 heavy (non-hydrogen) atoms. The molecule has 2 aromatic heterocycles. The molecule has 1 unspecified atom stereocenters. The SMILES string of the molecule is CC1CN(Cc2cccnc2Cl)CCN1Cc1cccnc1Cl. The van der Waals surface area contributed by atoms with Crippen LogP contribution in [0.5, 0.6) is 0 Å². The summed E-state index contributed by atoms with van der Waals surface area (Å²) < 4.78 is 0. The fourth-order valence-electron chi connectivity index (χ4n) is 2.98. The van der Waals surface area contributed by atoms with Gasteiger partial charge in [0.2, 0.25) is 0 Å². The Hall–Kier alpha value is -1.20. The van der Waals surface area contributed by atoms with Gasteiger partial charge in [0.15, 0.2) is 0 Å². The number of nitrogens with zero attached hydrogens (tertiary/aromatic N) is 4. The molecule has 1 fully saturated rings. The van der Waals surface area contributed by atoms with Gasteiger partial charge in [-0.2, -0.15) is 0 Å². The Bertz CT molecular complexity index is 665. The van der Waals surface area contributed by atoms with Crippen molar-refractivity contribution in [2.75, 3.05) is 19.6 Å². The molecule has 0 radical (unpaired) electrons. The third-order valence-electron chi connectivity index (χ3n) is 4.29. The van der Waals surface area contributed by atoms with Crippen LogP contribution in [0.25, 0.3) is 0 Å². The Morgan fingerprint density at radius 3 is 2.17 bits per heavy atom. The van der Waals surface area contributed by atoms with Crippen molar-refractivity contribution in [2.45, 2.75) is 26.1 Å². The first-order chi connectivity index (χ1) is 11.1. The van der Waals surface area contributed by atoms with Crippen molar-refractivity contribution in [1.82, 2.24) is 19.8 Å². The van der Waals surface area contributed by atoms with Gasteiger partial charge in [0.05, 0.1) is 0 Å². The van der Waals surface area contributed by atoms with E-state index in [2.05, 4.69) is 26.7 Å². The maximum atomic E-state index is 6.17. The molecule has 4 nitrogen and oxygen atoms in total. The molecule has 122 valence electrons. The summed E-state index contributed by atoms with van der Waals surface area (Å²) in [6.07, 6.45) is 3.45. The maximum absolute atomic E-state index is 6.17. The van der Waals surface area contributed by atoms with Crippen molar-refractivity contribution in [3.8, 4) is 0 Å². The normalized spacial score (nSPS) is 19.9. The van der Waals surface area contributed by atoms with Gasteiger partial charge in [-0.25, -0.2) is 9.97 Å². The highest BCUT2D eigenvalue weighted by Gasteiger charge is 2.24. The molecule has 1 atom stereocenters. The summed E-state index contributed by atoms with van der Waals surface area (Å²) in [4.78, 5) is 13.2. The highest BCUT2D eigenvalue weighted by Crippen LogP contribution is 2.20. The van der Waals surface area contributed by atoms with E-state index in [1.807, 2.05) is 24.3 Å². The van der Waals surface area contributed by atoms with Crippen LogP contribution >= 0.6 is 23.2 Å². The number of hydrogen-bond donors (Lipinski definition) is 0. The standard InChI is InChI=1S/C17H20Cl2N4/c1-13-10-22(11-14-4-2-6-20-16(14)18)8-9-23(13)12-15-5-3-7-21-17(15)19/h2-7,13H,8-12H2,1H3. The van der Waals surface area contributed by atoms with E-state index >= 15 is 0 Å². The third kappa shape index (κ3) is 4.21. The van der Waals surface area contributed by atoms with E-state index in [4.69, 9.17) is 23.2 Å². The van der Waals surface area contributed by atoms with Gasteiger partial charge in [0, 0.05) is 62.3 Å². The fraction of sp³-hybridized carbons (Fsp3) is 0.412. The minimum absolute atomic E-state index is 0.454. The number of halogens is 2. The summed E-state index contributed by atoms with van der Waals surface area (Å²) in [5.74, 6) is 0. The summed E-state index contributed by atoms with van der Waals surface area (Å²) in [5.41, 5.74) is 2.18. The lowest BCUT2D eigenvalue weighted by Gasteiger charge is -2.40. The van der Waals surface area contributed by atoms with Gasteiger partial charge < -0.3 is 0 Å². The number of piperazine rings is 1. The molecule has 0 aliphatic carbocycles. The quantitative estimate of drug-likeness (QED) is 0.790. The lowest BCUT2D eigenvalue weighted by molar-refractivity contribution is 0.0732. The molecular weight excluding hydrogens is 331 g/mol. The van der Waals surface area contributed by atoms with E-state index in [9.17, 15) is 0 Å². The summed E-state index contributed by atoms with van der Waals surface area (Å²) in [6.45, 7) is 6.95. The van der Waals surface area contributed by atoms with E-state index < -0.39 is 0 Å². The topological polar surface area (TPSA) is 32.3 Å². The Labute approximate surface area is 147 Å². The molecular formula is C17H20Cl2N4. The van der Waals surface area contributed by atoms with Gasteiger partial charge in [-0.1, -0.05) is 35.3 Å². The van der Waals surface area contributed by atoms with Crippen molar-refractivity contribution >= 4 is 23.2 Å². The highest BCUT2D eigenvalue weighted by molar-refractivity contribution is 6.30. The van der Waals surface area contributed by atoms with Crippen LogP contribution in [0, 0.1) is 0 Å². The summed E-state index contributed by atoms with van der Waals surface area (Å²) >= 11 is 12.3. The Morgan fingerprint density at radius 2 is 1.61 bits per heavy atom. The van der Waals surface area contributed by atoms with E-state index in [1.54, 1.807) is 12.4 Å². The molecule has 0 spiro atoms. The number of hydrogen-bond acceptors (Lipinski definition) is 4. The number of rotatable bonds is 4. The van der Waals surface area contributed by atoms with Gasteiger partial charge in [-0.15, -0.1) is 0 Å². The van der Waals surface area contributed by atoms with Crippen molar-refractivity contribution < 1.29 is 0 Å². The van der Waals surface area contributed by atoms with Gasteiger partial charge in [-0.3, -0.25) is 9.80 Å². The van der Waals surface area contributed by atoms with Crippen LogP contribution in [0.15, 0.2) is 36.7 Å². The lowest BCUT2D eigenvalue weighted by atomic mass is 10.1. The molecule has 0 aromatic carbocycles. The fourth-order valence-corrected chi connectivity index (χ4v) is 3.34. The first kappa shape index (κ1) is 16.7. The van der Waals surface area contributed by atoms with E-state index in [0.29, 0.717) is 16.3 Å². The first-order valence-corrected chi connectivity index (χ1v) is 8.54. The second kappa shape index (κ2) is 7.58. The summed E-state index contributed by atoms with van der Waals surface area (Å²) in [5, 5.41) is 1.20. The molecule has 3 rings (SSSR count). The Morgan fingerprint density at radius 1 is 1.00 bits per heavy atom. The molecule has 0 saturated carbocycles. The largest absolute Gasteiger partial charge is 0.296 e. The van der Waals surface area contributed by atoms with Gasteiger partial charge in [0.1, 0.15) is 10.3 Å². The van der Waals surface area contributed by atoms with Crippen LogP contribution < -0.4 is 0 Å². The minimum Gasteiger partial charge on any atom is -0.296 e. The van der Waals surface area contributed by atoms with Gasteiger partial charge >= 0.3 is 0 Å². The van der Waals surface area contributed by atoms with Crippen molar-refractivity contribution in [3.63, 3.8) is 0 Å². The monoisotopic (exact) mass is 350 g/mol. The zero-order valence-electron chi connectivity index (χ0n) is 13.1. The first-order valence-electron chi connectivity index (χ1n) is 7.78. The van der Waals surface area contributed by atoms with Crippen LogP contribution in [0.2, 0.25) is 10.3 Å². The zero-order valence-corrected chi connectivity index (χ0v) is 14.6. The molecule has 1 saturated heterocycles. The van der Waals surface area contributed by atoms with E-state index in [-0.39, 0.29) is 0 Å². The molecule has 3 heterocycles. The second-order valence-corrected chi connectivity index (χ2v) is 6.68. The molecule has 0 amide bonds. The highest BCUT2D eigenvalue weighted by atomic mass is 35.5. The third-order valence-corrected chi connectivity index (χ3v) is 4.97. The van der Waals surface area contributed by atoms with E-state index in [1.165, 1.54) is 0 Å². The number of pyridine rings is 2. The second-order valence-electron chi connectivity index (χ2n) is 5.96. The molecule has 0 bridgehead atoms. The predicted octanol–water partition coefficient (Wildman–Crippen LogP) is 3.49. The van der Waals surface area contributed by atoms with E-state index in [0.717, 1.165) is 43.9 Å². The average Bonchev–Trinajstić information content (AvgIpc) is 2.54. The van der Waals surface area contributed by atoms with Crippen LogP contribution in [0.3, 0.4) is 0 Å². The summed E-state index contributed by atoms with van der Waals surface area (Å²) in [7, 11) is 0. The maximum Gasteiger partial charge on any atom is 0.133 e. The Balaban J connectivity index is 1.59. The smallest absolute Gasteiger partial charge is 0.133 e. The van der Waals surface area contributed by atoms with Gasteiger partial charge in [-0.05, 0) is 19.1 Å². The van der Waals surface area contributed by atoms with Crippen LogP contribution in [0.1, 0.15) is 18.1 Å². The zero-order chi connectivity index (χ0) is 16.2. The molecule has 0 N–H and O–H groups in total. The average molecular weight is 351 g/mol. The molecule has 1 aliphatic heterocycles. The molecule has 2 aromatic rings. The summed E-state index contributed by atoms with van der Waals surface area (Å²) in [6, 6.07) is 8.42. The van der Waals surface area contributed by atoms with Crippen molar-refractivity contribution in [2.24, 2.45) is 0 Å². The molecule has 1 aliphatic rings. The van der Waals surface area contributed by atoms with Crippen LogP contribution in [-0.4, -0.2) is 45.4 Å². The minimum atomic E-state index is 0.454. The predicted molar refractivity (Wildman–Crippen MR) is 93.6 cm³/mol. The van der Waals surface area contributed by atoms with Gasteiger partial charge in [0.25, 0.3) is 0 Å². The number of aromatic nitrogens is 2.